The van der Waals surface area contributed by atoms with Crippen molar-refractivity contribution < 1.29 is 9.53 Å². The maximum Gasteiger partial charge on any atom is 0.237 e. The summed E-state index contributed by atoms with van der Waals surface area (Å²) in [6.45, 7) is 3.11. The van der Waals surface area contributed by atoms with Crippen molar-refractivity contribution in [1.29, 1.82) is 0 Å². The molecule has 0 bridgehead atoms. The Bertz CT molecular complexity index is 504. The number of carbonyl (C=O) groups excluding carboxylic acids is 1. The molecule has 4 heteroatoms. The number of carbonyl (C=O) groups is 1. The molecule has 3 rings (SSSR count). The van der Waals surface area contributed by atoms with Crippen LogP contribution in [0.5, 0.6) is 5.75 Å². The molecule has 1 aliphatic heterocycles. The van der Waals surface area contributed by atoms with E-state index in [4.69, 9.17) is 4.74 Å². The van der Waals surface area contributed by atoms with Gasteiger partial charge in [-0.15, -0.1) is 0 Å². The van der Waals surface area contributed by atoms with Gasteiger partial charge in [-0.1, -0.05) is 25.0 Å². The van der Waals surface area contributed by atoms with Crippen LogP contribution in [0.3, 0.4) is 0 Å². The molecule has 0 aromatic heterocycles. The van der Waals surface area contributed by atoms with Crippen molar-refractivity contribution in [2.75, 3.05) is 13.2 Å². The summed E-state index contributed by atoms with van der Waals surface area (Å²) in [4.78, 5) is 12.2. The molecule has 2 aliphatic rings. The predicted octanol–water partition coefficient (Wildman–Crippen LogP) is 2.41. The molecule has 1 heterocycles. The maximum atomic E-state index is 12.2. The summed E-state index contributed by atoms with van der Waals surface area (Å²) < 4.78 is 5.66. The summed E-state index contributed by atoms with van der Waals surface area (Å²) >= 11 is 0. The van der Waals surface area contributed by atoms with E-state index in [-0.39, 0.29) is 11.9 Å². The Morgan fingerprint density at radius 2 is 2.23 bits per heavy atom. The minimum atomic E-state index is -0.00734. The monoisotopic (exact) mass is 302 g/mol. The first-order chi connectivity index (χ1) is 10.7. The number of rotatable bonds is 5. The average molecular weight is 302 g/mol. The third kappa shape index (κ3) is 3.80. The highest BCUT2D eigenvalue weighted by molar-refractivity contribution is 5.82. The maximum absolute atomic E-state index is 12.2. The van der Waals surface area contributed by atoms with Gasteiger partial charge in [0.25, 0.3) is 0 Å². The lowest BCUT2D eigenvalue weighted by Crippen LogP contribution is -2.44. The molecule has 2 N–H and O–H groups in total. The number of hydrogen-bond donors (Lipinski definition) is 2. The lowest BCUT2D eigenvalue weighted by Gasteiger charge is -2.24. The first-order valence-electron chi connectivity index (χ1n) is 8.45. The normalized spacial score (nSPS) is 27.2. The first-order valence-corrected chi connectivity index (χ1v) is 8.45. The van der Waals surface area contributed by atoms with Gasteiger partial charge in [0.2, 0.25) is 5.91 Å². The van der Waals surface area contributed by atoms with Gasteiger partial charge in [-0.2, -0.15) is 0 Å². The van der Waals surface area contributed by atoms with Crippen LogP contribution in [0.25, 0.3) is 0 Å². The molecule has 2 fully saturated rings. The predicted molar refractivity (Wildman–Crippen MR) is 87.0 cm³/mol. The van der Waals surface area contributed by atoms with Crippen LogP contribution in [-0.2, 0) is 4.79 Å². The van der Waals surface area contributed by atoms with Crippen molar-refractivity contribution in [3.05, 3.63) is 29.8 Å². The second kappa shape index (κ2) is 7.14. The summed E-state index contributed by atoms with van der Waals surface area (Å²) in [6.07, 6.45) is 6.12. The van der Waals surface area contributed by atoms with Crippen molar-refractivity contribution in [3.8, 4) is 5.75 Å². The summed E-state index contributed by atoms with van der Waals surface area (Å²) in [5.41, 5.74) is 1.18. The lowest BCUT2D eigenvalue weighted by atomic mass is 9.85. The van der Waals surface area contributed by atoms with E-state index in [0.717, 1.165) is 12.2 Å². The van der Waals surface area contributed by atoms with Crippen molar-refractivity contribution in [3.63, 3.8) is 0 Å². The van der Waals surface area contributed by atoms with Crippen molar-refractivity contribution in [1.82, 2.24) is 10.6 Å². The number of nitrogens with one attached hydrogen (secondary N) is 2. The van der Waals surface area contributed by atoms with Crippen LogP contribution in [0.15, 0.2) is 24.3 Å². The van der Waals surface area contributed by atoms with Crippen LogP contribution in [0.2, 0.25) is 0 Å². The van der Waals surface area contributed by atoms with Crippen LogP contribution < -0.4 is 15.4 Å². The van der Waals surface area contributed by atoms with Crippen LogP contribution in [0.1, 0.15) is 37.7 Å². The molecule has 1 aromatic carbocycles. The van der Waals surface area contributed by atoms with Gasteiger partial charge < -0.3 is 15.4 Å². The molecule has 4 nitrogen and oxygen atoms in total. The van der Waals surface area contributed by atoms with Gasteiger partial charge in [0, 0.05) is 6.04 Å². The second-order valence-electron chi connectivity index (χ2n) is 6.56. The highest BCUT2D eigenvalue weighted by atomic mass is 16.5. The van der Waals surface area contributed by atoms with E-state index in [1.54, 1.807) is 0 Å². The number of benzene rings is 1. The molecule has 0 radical (unpaired) electrons. The Labute approximate surface area is 132 Å². The Morgan fingerprint density at radius 3 is 3.05 bits per heavy atom. The van der Waals surface area contributed by atoms with Crippen LogP contribution in [-0.4, -0.2) is 31.1 Å². The third-order valence-corrected chi connectivity index (χ3v) is 4.84. The Balaban J connectivity index is 1.38. The Kier molecular flexibility index (Phi) is 4.98. The molecule has 1 saturated heterocycles. The van der Waals surface area contributed by atoms with E-state index in [1.165, 1.54) is 31.2 Å². The smallest absolute Gasteiger partial charge is 0.237 e. The molecule has 3 atom stereocenters. The molecular formula is C18H26N2O2. The molecule has 0 spiro atoms. The SMILES string of the molecule is Cc1cccc(OCCNC(=O)C2CC3CCCCC3N2)c1. The summed E-state index contributed by atoms with van der Waals surface area (Å²) in [7, 11) is 0. The molecule has 3 unspecified atom stereocenters. The molecule has 120 valence electrons. The average Bonchev–Trinajstić information content (AvgIpc) is 2.95. The summed E-state index contributed by atoms with van der Waals surface area (Å²) in [5, 5.41) is 6.50. The molecule has 22 heavy (non-hydrogen) atoms. The fourth-order valence-electron chi connectivity index (χ4n) is 3.69. The van der Waals surface area contributed by atoms with Gasteiger partial charge in [-0.05, 0) is 49.8 Å². The molecular weight excluding hydrogens is 276 g/mol. The van der Waals surface area contributed by atoms with Gasteiger partial charge in [-0.3, -0.25) is 4.79 Å². The minimum absolute atomic E-state index is 0.00734. The molecule has 1 aromatic rings. The van der Waals surface area contributed by atoms with Crippen LogP contribution in [0.4, 0.5) is 0 Å². The van der Waals surface area contributed by atoms with E-state index in [0.29, 0.717) is 25.1 Å². The second-order valence-corrected chi connectivity index (χ2v) is 6.56. The number of ether oxygens (including phenoxy) is 1. The topological polar surface area (TPSA) is 50.4 Å². The largest absolute Gasteiger partial charge is 0.492 e. The number of hydrogen-bond acceptors (Lipinski definition) is 3. The molecule has 1 amide bonds. The zero-order valence-electron chi connectivity index (χ0n) is 13.3. The van der Waals surface area contributed by atoms with Gasteiger partial charge in [0.15, 0.2) is 0 Å². The van der Waals surface area contributed by atoms with Crippen LogP contribution >= 0.6 is 0 Å². The Morgan fingerprint density at radius 1 is 1.36 bits per heavy atom. The zero-order chi connectivity index (χ0) is 15.4. The van der Waals surface area contributed by atoms with E-state index in [9.17, 15) is 4.79 Å². The Hall–Kier alpha value is -1.55. The number of amides is 1. The van der Waals surface area contributed by atoms with Gasteiger partial charge >= 0.3 is 0 Å². The summed E-state index contributed by atoms with van der Waals surface area (Å²) in [6, 6.07) is 8.52. The van der Waals surface area contributed by atoms with Crippen molar-refractivity contribution in [2.24, 2.45) is 5.92 Å². The first kappa shape index (κ1) is 15.3. The van der Waals surface area contributed by atoms with Gasteiger partial charge in [0.1, 0.15) is 12.4 Å². The molecule has 1 saturated carbocycles. The van der Waals surface area contributed by atoms with E-state index in [2.05, 4.69) is 10.6 Å². The third-order valence-electron chi connectivity index (χ3n) is 4.84. The quantitative estimate of drug-likeness (QED) is 0.821. The zero-order valence-corrected chi connectivity index (χ0v) is 13.3. The van der Waals surface area contributed by atoms with Gasteiger partial charge in [-0.25, -0.2) is 0 Å². The number of fused-ring (bicyclic) bond motifs is 1. The lowest BCUT2D eigenvalue weighted by molar-refractivity contribution is -0.123. The standard InChI is InChI=1S/C18H26N2O2/c1-13-5-4-7-15(11-13)22-10-9-19-18(21)17-12-14-6-2-3-8-16(14)20-17/h4-5,7,11,14,16-17,20H,2-3,6,8-10,12H2,1H3,(H,19,21). The highest BCUT2D eigenvalue weighted by Gasteiger charge is 2.37. The minimum Gasteiger partial charge on any atom is -0.492 e. The van der Waals surface area contributed by atoms with E-state index >= 15 is 0 Å². The number of aryl methyl sites for hydroxylation is 1. The molecule has 1 aliphatic carbocycles. The van der Waals surface area contributed by atoms with E-state index in [1.807, 2.05) is 31.2 Å². The van der Waals surface area contributed by atoms with Gasteiger partial charge in [0.05, 0.1) is 12.6 Å². The fourth-order valence-corrected chi connectivity index (χ4v) is 3.69. The van der Waals surface area contributed by atoms with E-state index < -0.39 is 0 Å². The summed E-state index contributed by atoms with van der Waals surface area (Å²) in [5.74, 6) is 1.69. The van der Waals surface area contributed by atoms with Crippen LogP contribution in [0, 0.1) is 12.8 Å². The fraction of sp³-hybridized carbons (Fsp3) is 0.611. The van der Waals surface area contributed by atoms with Crippen molar-refractivity contribution >= 4 is 5.91 Å². The highest BCUT2D eigenvalue weighted by Crippen LogP contribution is 2.33. The van der Waals surface area contributed by atoms with Crippen molar-refractivity contribution in [2.45, 2.75) is 51.1 Å².